The highest BCUT2D eigenvalue weighted by Crippen LogP contribution is 2.23. The van der Waals surface area contributed by atoms with Gasteiger partial charge in [0.05, 0.1) is 5.52 Å². The van der Waals surface area contributed by atoms with Gasteiger partial charge in [0.25, 0.3) is 0 Å². The summed E-state index contributed by atoms with van der Waals surface area (Å²) in [5, 5.41) is 4.40. The molecule has 0 aromatic carbocycles. The molecule has 0 amide bonds. The van der Waals surface area contributed by atoms with E-state index in [1.807, 2.05) is 25.6 Å². The Morgan fingerprint density at radius 1 is 1.17 bits per heavy atom. The lowest BCUT2D eigenvalue weighted by Gasteiger charge is -2.05. The van der Waals surface area contributed by atoms with E-state index in [0.717, 1.165) is 16.9 Å². The fraction of sp³-hybridized carbons (Fsp3) is 0.286. The molecule has 4 nitrogen and oxygen atoms in total. The molecule has 0 radical (unpaired) electrons. The van der Waals surface area contributed by atoms with Gasteiger partial charge in [-0.25, -0.2) is 4.98 Å². The van der Waals surface area contributed by atoms with Crippen molar-refractivity contribution in [1.82, 2.24) is 19.2 Å². The summed E-state index contributed by atoms with van der Waals surface area (Å²) in [6.07, 6.45) is 5.92. The van der Waals surface area contributed by atoms with Gasteiger partial charge in [0, 0.05) is 19.4 Å². The smallest absolute Gasteiger partial charge is 0.116 e. The number of rotatable bonds is 2. The van der Waals surface area contributed by atoms with E-state index in [2.05, 4.69) is 46.7 Å². The summed E-state index contributed by atoms with van der Waals surface area (Å²) in [7, 11) is 1.92. The van der Waals surface area contributed by atoms with Crippen molar-refractivity contribution in [3.05, 3.63) is 42.5 Å². The molecule has 0 aliphatic carbocycles. The van der Waals surface area contributed by atoms with E-state index < -0.39 is 0 Å². The molecule has 0 saturated carbocycles. The van der Waals surface area contributed by atoms with Crippen LogP contribution in [0.15, 0.2) is 36.9 Å². The number of imidazole rings is 1. The summed E-state index contributed by atoms with van der Waals surface area (Å²) in [4.78, 5) is 4.47. The normalized spacial score (nSPS) is 11.6. The Morgan fingerprint density at radius 3 is 2.67 bits per heavy atom. The van der Waals surface area contributed by atoms with Gasteiger partial charge in [-0.3, -0.25) is 4.68 Å². The van der Waals surface area contributed by atoms with Gasteiger partial charge >= 0.3 is 0 Å². The number of fused-ring (bicyclic) bond motifs is 1. The predicted octanol–water partition coefficient (Wildman–Crippen LogP) is 2.86. The first kappa shape index (κ1) is 11.0. The number of aryl methyl sites for hydroxylation is 1. The number of hydrogen-bond acceptors (Lipinski definition) is 2. The number of nitrogens with zero attached hydrogens (tertiary/aromatic N) is 4. The third kappa shape index (κ3) is 1.70. The second-order valence-corrected chi connectivity index (χ2v) is 4.88. The molecule has 0 fully saturated rings. The maximum Gasteiger partial charge on any atom is 0.116 e. The highest BCUT2D eigenvalue weighted by atomic mass is 15.3. The zero-order valence-electron chi connectivity index (χ0n) is 10.8. The van der Waals surface area contributed by atoms with E-state index in [1.165, 1.54) is 5.56 Å². The summed E-state index contributed by atoms with van der Waals surface area (Å²) in [6.45, 7) is 4.38. The molecule has 3 rings (SSSR count). The van der Waals surface area contributed by atoms with Crippen LogP contribution in [-0.2, 0) is 7.05 Å². The molecule has 0 aliphatic heterocycles. The summed E-state index contributed by atoms with van der Waals surface area (Å²) in [6, 6.07) is 6.26. The first-order valence-electron chi connectivity index (χ1n) is 6.12. The van der Waals surface area contributed by atoms with Gasteiger partial charge in [0.15, 0.2) is 0 Å². The minimum Gasteiger partial charge on any atom is -0.305 e. The van der Waals surface area contributed by atoms with Gasteiger partial charge in [0.2, 0.25) is 0 Å². The second kappa shape index (κ2) is 3.98. The molecule has 3 aromatic heterocycles. The Hall–Kier alpha value is -2.10. The minimum absolute atomic E-state index is 0.523. The van der Waals surface area contributed by atoms with Crippen molar-refractivity contribution in [3.63, 3.8) is 0 Å². The lowest BCUT2D eigenvalue weighted by Crippen LogP contribution is -1.92. The molecular formula is C14H16N4. The topological polar surface area (TPSA) is 35.1 Å². The first-order valence-corrected chi connectivity index (χ1v) is 6.12. The standard InChI is InChI=1S/C14H16N4/c1-10(2)11-4-5-13-14(15-9-18(13)8-11)12-6-7-17(3)16-12/h4-10H,1-3H3. The van der Waals surface area contributed by atoms with Crippen LogP contribution in [0.4, 0.5) is 0 Å². The van der Waals surface area contributed by atoms with Gasteiger partial charge < -0.3 is 4.40 Å². The van der Waals surface area contributed by atoms with E-state index in [0.29, 0.717) is 5.92 Å². The highest BCUT2D eigenvalue weighted by molar-refractivity contribution is 5.74. The molecule has 0 saturated heterocycles. The lowest BCUT2D eigenvalue weighted by molar-refractivity contribution is 0.770. The van der Waals surface area contributed by atoms with Crippen molar-refractivity contribution in [1.29, 1.82) is 0 Å². The molecule has 92 valence electrons. The average molecular weight is 240 g/mol. The van der Waals surface area contributed by atoms with Crippen LogP contribution in [0.1, 0.15) is 25.3 Å². The summed E-state index contributed by atoms with van der Waals surface area (Å²) < 4.78 is 3.86. The van der Waals surface area contributed by atoms with Crippen LogP contribution in [0.3, 0.4) is 0 Å². The fourth-order valence-corrected chi connectivity index (χ4v) is 2.10. The number of hydrogen-bond donors (Lipinski definition) is 0. The van der Waals surface area contributed by atoms with Crippen molar-refractivity contribution in [2.24, 2.45) is 7.05 Å². The second-order valence-electron chi connectivity index (χ2n) is 4.88. The Morgan fingerprint density at radius 2 is 2.00 bits per heavy atom. The van der Waals surface area contributed by atoms with Crippen LogP contribution in [0.25, 0.3) is 16.9 Å². The first-order chi connectivity index (χ1) is 8.65. The largest absolute Gasteiger partial charge is 0.305 e. The summed E-state index contributed by atoms with van der Waals surface area (Å²) in [5.74, 6) is 0.523. The van der Waals surface area contributed by atoms with Gasteiger partial charge in [-0.1, -0.05) is 19.9 Å². The monoisotopic (exact) mass is 240 g/mol. The van der Waals surface area contributed by atoms with Crippen molar-refractivity contribution >= 4 is 5.52 Å². The van der Waals surface area contributed by atoms with Crippen LogP contribution in [0, 0.1) is 0 Å². The Balaban J connectivity index is 2.15. The molecule has 0 aliphatic rings. The molecule has 18 heavy (non-hydrogen) atoms. The summed E-state index contributed by atoms with van der Waals surface area (Å²) in [5.41, 5.74) is 4.26. The molecule has 4 heteroatoms. The molecule has 3 aromatic rings. The number of aromatic nitrogens is 4. The van der Waals surface area contributed by atoms with Crippen LogP contribution in [0.2, 0.25) is 0 Å². The van der Waals surface area contributed by atoms with Crippen molar-refractivity contribution in [2.45, 2.75) is 19.8 Å². The molecule has 0 spiro atoms. The van der Waals surface area contributed by atoms with Gasteiger partial charge in [-0.15, -0.1) is 0 Å². The molecule has 0 unspecified atom stereocenters. The van der Waals surface area contributed by atoms with Gasteiger partial charge in [-0.05, 0) is 23.6 Å². The Kier molecular flexibility index (Phi) is 2.44. The predicted molar refractivity (Wildman–Crippen MR) is 71.5 cm³/mol. The van der Waals surface area contributed by atoms with E-state index in [9.17, 15) is 0 Å². The fourth-order valence-electron chi connectivity index (χ4n) is 2.10. The Bertz CT molecular complexity index is 691. The molecular weight excluding hydrogens is 224 g/mol. The quantitative estimate of drug-likeness (QED) is 0.690. The average Bonchev–Trinajstić information content (AvgIpc) is 2.93. The molecule has 0 N–H and O–H groups in total. The van der Waals surface area contributed by atoms with Crippen molar-refractivity contribution < 1.29 is 0 Å². The van der Waals surface area contributed by atoms with Crippen molar-refractivity contribution in [2.75, 3.05) is 0 Å². The zero-order chi connectivity index (χ0) is 12.7. The minimum atomic E-state index is 0.523. The zero-order valence-corrected chi connectivity index (χ0v) is 10.8. The lowest BCUT2D eigenvalue weighted by atomic mass is 10.1. The number of pyridine rings is 1. The van der Waals surface area contributed by atoms with Gasteiger partial charge in [0.1, 0.15) is 17.7 Å². The van der Waals surface area contributed by atoms with Crippen molar-refractivity contribution in [3.8, 4) is 11.4 Å². The van der Waals surface area contributed by atoms with E-state index in [4.69, 9.17) is 0 Å². The van der Waals surface area contributed by atoms with Gasteiger partial charge in [-0.2, -0.15) is 5.10 Å². The van der Waals surface area contributed by atoms with Crippen LogP contribution in [-0.4, -0.2) is 19.2 Å². The van der Waals surface area contributed by atoms with E-state index in [1.54, 1.807) is 4.68 Å². The van der Waals surface area contributed by atoms with E-state index >= 15 is 0 Å². The third-order valence-corrected chi connectivity index (χ3v) is 3.18. The maximum absolute atomic E-state index is 4.47. The third-order valence-electron chi connectivity index (χ3n) is 3.18. The van der Waals surface area contributed by atoms with Crippen LogP contribution in [0.5, 0.6) is 0 Å². The summed E-state index contributed by atoms with van der Waals surface area (Å²) >= 11 is 0. The Labute approximate surface area is 106 Å². The van der Waals surface area contributed by atoms with Crippen LogP contribution >= 0.6 is 0 Å². The van der Waals surface area contributed by atoms with E-state index in [-0.39, 0.29) is 0 Å². The van der Waals surface area contributed by atoms with Crippen LogP contribution < -0.4 is 0 Å². The molecule has 3 heterocycles. The molecule has 0 bridgehead atoms. The molecule has 0 atom stereocenters. The maximum atomic E-state index is 4.47. The highest BCUT2D eigenvalue weighted by Gasteiger charge is 2.10. The SMILES string of the molecule is CC(C)c1ccc2c(-c3ccn(C)n3)ncn2c1.